The van der Waals surface area contributed by atoms with Crippen LogP contribution in [0.4, 0.5) is 0 Å². The number of piperazine rings is 1. The lowest BCUT2D eigenvalue weighted by Crippen LogP contribution is -2.52. The molecule has 0 spiro atoms. The van der Waals surface area contributed by atoms with Crippen LogP contribution in [-0.4, -0.2) is 49.7 Å². The molecule has 1 saturated carbocycles. The average molecular weight is 446 g/mol. The Labute approximate surface area is 182 Å². The molecule has 1 aliphatic heterocycles. The van der Waals surface area contributed by atoms with E-state index in [-0.39, 0.29) is 22.6 Å². The van der Waals surface area contributed by atoms with E-state index in [4.69, 9.17) is 16.9 Å². The second kappa shape index (κ2) is 8.54. The number of amides is 1. The summed E-state index contributed by atoms with van der Waals surface area (Å²) in [5, 5.41) is 11.3. The van der Waals surface area contributed by atoms with Crippen LogP contribution in [0.5, 0.6) is 0 Å². The highest BCUT2D eigenvalue weighted by Crippen LogP contribution is 2.30. The number of fused-ring (bicyclic) bond motifs is 1. The minimum Gasteiger partial charge on any atom is -0.340 e. The highest BCUT2D eigenvalue weighted by atomic mass is 35.5. The first-order valence-corrected chi connectivity index (χ1v) is 12.1. The molecular formula is C22H24ClN3O3S. The zero-order valence-corrected chi connectivity index (χ0v) is 18.2. The molecule has 0 radical (unpaired) electrons. The number of halogens is 1. The monoisotopic (exact) mass is 445 g/mol. The molecule has 1 saturated heterocycles. The number of hydrogen-bond acceptors (Lipinski definition) is 4. The van der Waals surface area contributed by atoms with E-state index in [0.29, 0.717) is 31.2 Å². The fourth-order valence-corrected chi connectivity index (χ4v) is 6.02. The van der Waals surface area contributed by atoms with Gasteiger partial charge in [0.1, 0.15) is 0 Å². The third-order valence-electron chi connectivity index (χ3n) is 6.22. The molecule has 0 bridgehead atoms. The van der Waals surface area contributed by atoms with Gasteiger partial charge in [-0.05, 0) is 60.7 Å². The van der Waals surface area contributed by atoms with E-state index >= 15 is 0 Å². The van der Waals surface area contributed by atoms with Crippen LogP contribution in [0.25, 0.3) is 10.8 Å². The van der Waals surface area contributed by atoms with Crippen LogP contribution in [-0.2, 0) is 14.8 Å². The summed E-state index contributed by atoms with van der Waals surface area (Å²) in [5.74, 6) is 0.130. The smallest absolute Gasteiger partial charge is 0.243 e. The lowest BCUT2D eigenvalue weighted by Gasteiger charge is -2.36. The molecule has 0 aromatic heterocycles. The molecule has 2 fully saturated rings. The summed E-state index contributed by atoms with van der Waals surface area (Å²) in [6.45, 7) is 1.39. The zero-order valence-electron chi connectivity index (χ0n) is 16.6. The van der Waals surface area contributed by atoms with Crippen molar-refractivity contribution in [1.82, 2.24) is 9.21 Å². The molecule has 4 rings (SSSR count). The van der Waals surface area contributed by atoms with E-state index < -0.39 is 10.0 Å². The Hall–Kier alpha value is -2.14. The van der Waals surface area contributed by atoms with Gasteiger partial charge >= 0.3 is 0 Å². The van der Waals surface area contributed by atoms with Crippen LogP contribution < -0.4 is 0 Å². The summed E-state index contributed by atoms with van der Waals surface area (Å²) < 4.78 is 27.7. The van der Waals surface area contributed by atoms with E-state index in [2.05, 4.69) is 6.07 Å². The van der Waals surface area contributed by atoms with Gasteiger partial charge in [0.05, 0.1) is 11.0 Å². The van der Waals surface area contributed by atoms with Crippen molar-refractivity contribution in [3.8, 4) is 6.07 Å². The summed E-state index contributed by atoms with van der Waals surface area (Å²) in [6.07, 6.45) is 3.04. The van der Waals surface area contributed by atoms with Gasteiger partial charge < -0.3 is 4.90 Å². The number of carbonyl (C=O) groups excluding carboxylic acids is 1. The van der Waals surface area contributed by atoms with E-state index in [0.717, 1.165) is 36.5 Å². The minimum absolute atomic E-state index is 0.0370. The van der Waals surface area contributed by atoms with Crippen LogP contribution in [0.15, 0.2) is 41.3 Å². The molecule has 0 unspecified atom stereocenters. The van der Waals surface area contributed by atoms with Gasteiger partial charge in [0.2, 0.25) is 15.9 Å². The molecule has 1 heterocycles. The fraction of sp³-hybridized carbons (Fsp3) is 0.455. The first-order chi connectivity index (χ1) is 14.4. The molecule has 8 heteroatoms. The van der Waals surface area contributed by atoms with E-state index in [1.54, 1.807) is 29.2 Å². The highest BCUT2D eigenvalue weighted by molar-refractivity contribution is 7.89. The minimum atomic E-state index is -3.62. The molecule has 1 amide bonds. The van der Waals surface area contributed by atoms with Crippen molar-refractivity contribution in [2.75, 3.05) is 26.2 Å². The molecule has 2 aromatic rings. The second-order valence-electron chi connectivity index (χ2n) is 8.06. The maximum Gasteiger partial charge on any atom is 0.243 e. The van der Waals surface area contributed by atoms with Crippen LogP contribution in [0.3, 0.4) is 0 Å². The molecule has 30 heavy (non-hydrogen) atoms. The van der Waals surface area contributed by atoms with Crippen LogP contribution in [0, 0.1) is 23.2 Å². The Morgan fingerprint density at radius 3 is 2.27 bits per heavy atom. The summed E-state index contributed by atoms with van der Waals surface area (Å²) in [4.78, 5) is 14.9. The first kappa shape index (κ1) is 21.1. The molecule has 0 atom stereocenters. The Kier molecular flexibility index (Phi) is 6.01. The van der Waals surface area contributed by atoms with Crippen LogP contribution >= 0.6 is 11.6 Å². The molecule has 6 nitrogen and oxygen atoms in total. The van der Waals surface area contributed by atoms with Crippen molar-refractivity contribution in [2.24, 2.45) is 11.8 Å². The van der Waals surface area contributed by atoms with Crippen molar-refractivity contribution in [2.45, 2.75) is 30.6 Å². The van der Waals surface area contributed by atoms with Crippen LogP contribution in [0.1, 0.15) is 25.7 Å². The first-order valence-electron chi connectivity index (χ1n) is 10.3. The van der Waals surface area contributed by atoms with Crippen molar-refractivity contribution < 1.29 is 13.2 Å². The van der Waals surface area contributed by atoms with Gasteiger partial charge in [-0.25, -0.2) is 8.42 Å². The summed E-state index contributed by atoms with van der Waals surface area (Å²) >= 11 is 6.01. The van der Waals surface area contributed by atoms with E-state index in [1.165, 1.54) is 4.31 Å². The SMILES string of the molecule is N#C[C@H]1CC[C@H](C(=O)N2CCN(S(=O)(=O)c3ccc4cc(Cl)ccc4c3)CC2)CC1. The zero-order chi connectivity index (χ0) is 21.3. The number of rotatable bonds is 3. The van der Waals surface area contributed by atoms with E-state index in [9.17, 15) is 13.2 Å². The van der Waals surface area contributed by atoms with Gasteiger partial charge in [0, 0.05) is 43.0 Å². The molecule has 2 aliphatic rings. The third-order valence-corrected chi connectivity index (χ3v) is 8.35. The molecule has 158 valence electrons. The largest absolute Gasteiger partial charge is 0.340 e. The van der Waals surface area contributed by atoms with Crippen LogP contribution in [0.2, 0.25) is 5.02 Å². The van der Waals surface area contributed by atoms with Gasteiger partial charge in [-0.3, -0.25) is 4.79 Å². The number of benzene rings is 2. The molecule has 0 N–H and O–H groups in total. The number of hydrogen-bond donors (Lipinski definition) is 0. The topological polar surface area (TPSA) is 81.5 Å². The number of nitriles is 1. The molecule has 1 aliphatic carbocycles. The number of sulfonamides is 1. The van der Waals surface area contributed by atoms with Gasteiger partial charge in [-0.1, -0.05) is 23.7 Å². The summed E-state index contributed by atoms with van der Waals surface area (Å²) in [5.41, 5.74) is 0. The quantitative estimate of drug-likeness (QED) is 0.722. The molecule has 2 aromatic carbocycles. The maximum absolute atomic E-state index is 13.1. The third kappa shape index (κ3) is 4.18. The summed E-state index contributed by atoms with van der Waals surface area (Å²) in [7, 11) is -3.62. The summed E-state index contributed by atoms with van der Waals surface area (Å²) in [6, 6.07) is 12.7. The average Bonchev–Trinajstić information content (AvgIpc) is 2.78. The van der Waals surface area contributed by atoms with Crippen molar-refractivity contribution in [1.29, 1.82) is 5.26 Å². The van der Waals surface area contributed by atoms with E-state index in [1.807, 2.05) is 12.1 Å². The lowest BCUT2D eigenvalue weighted by atomic mass is 9.82. The second-order valence-corrected chi connectivity index (χ2v) is 10.4. The fourth-order valence-electron chi connectivity index (χ4n) is 4.38. The predicted octanol–water partition coefficient (Wildman–Crippen LogP) is 3.66. The Bertz CT molecular complexity index is 1100. The molecular weight excluding hydrogens is 422 g/mol. The standard InChI is InChI=1S/C22H24ClN3O3S/c23-20-7-5-19-14-21(8-6-18(19)13-20)30(28,29)26-11-9-25(10-12-26)22(27)17-3-1-16(15-24)2-4-17/h5-8,13-14,16-17H,1-4,9-12H2/t16-,17-. The van der Waals surface area contributed by atoms with Gasteiger partial charge in [0.25, 0.3) is 0 Å². The number of nitrogens with zero attached hydrogens (tertiary/aromatic N) is 3. The van der Waals surface area contributed by atoms with Crippen molar-refractivity contribution in [3.05, 3.63) is 41.4 Å². The lowest BCUT2D eigenvalue weighted by molar-refractivity contribution is -0.137. The Morgan fingerprint density at radius 2 is 1.60 bits per heavy atom. The highest BCUT2D eigenvalue weighted by Gasteiger charge is 2.34. The maximum atomic E-state index is 13.1. The number of carbonyl (C=O) groups is 1. The van der Waals surface area contributed by atoms with Crippen molar-refractivity contribution >= 4 is 38.3 Å². The normalized spacial score (nSPS) is 23.3. The Balaban J connectivity index is 1.41. The van der Waals surface area contributed by atoms with Gasteiger partial charge in [0.15, 0.2) is 0 Å². The van der Waals surface area contributed by atoms with Gasteiger partial charge in [-0.15, -0.1) is 0 Å². The van der Waals surface area contributed by atoms with Crippen molar-refractivity contribution in [3.63, 3.8) is 0 Å². The Morgan fingerprint density at radius 1 is 0.967 bits per heavy atom. The van der Waals surface area contributed by atoms with Gasteiger partial charge in [-0.2, -0.15) is 9.57 Å². The predicted molar refractivity (Wildman–Crippen MR) is 115 cm³/mol.